The standard InChI is InChI=1S/C15H14F3N3O4/c1-21-5-4-19-13(21)14(23,15(16,17)18)7-12(22)20-9-2-3-10-11(6-9)25-8-24-10/h2-6,23H,7-8H2,1H3,(H,20,22)/t14-/m0/s1. The molecule has 25 heavy (non-hydrogen) atoms. The fraction of sp³-hybridized carbons (Fsp3) is 0.333. The molecular weight excluding hydrogens is 343 g/mol. The largest absolute Gasteiger partial charge is 0.454 e. The van der Waals surface area contributed by atoms with Crippen molar-refractivity contribution in [1.82, 2.24) is 9.55 Å². The van der Waals surface area contributed by atoms with Crippen LogP contribution < -0.4 is 14.8 Å². The second-order valence-corrected chi connectivity index (χ2v) is 5.51. The number of anilines is 1. The zero-order chi connectivity index (χ0) is 18.2. The van der Waals surface area contributed by atoms with Crippen molar-refractivity contribution >= 4 is 11.6 Å². The van der Waals surface area contributed by atoms with E-state index in [2.05, 4.69) is 10.3 Å². The van der Waals surface area contributed by atoms with Crippen molar-refractivity contribution in [3.63, 3.8) is 0 Å². The summed E-state index contributed by atoms with van der Waals surface area (Å²) >= 11 is 0. The van der Waals surface area contributed by atoms with Gasteiger partial charge in [-0.05, 0) is 12.1 Å². The minimum atomic E-state index is -5.08. The Labute approximate surface area is 140 Å². The molecule has 2 N–H and O–H groups in total. The zero-order valence-corrected chi connectivity index (χ0v) is 13.0. The van der Waals surface area contributed by atoms with Crippen molar-refractivity contribution in [3.8, 4) is 11.5 Å². The van der Waals surface area contributed by atoms with Crippen molar-refractivity contribution in [2.24, 2.45) is 7.05 Å². The Balaban J connectivity index is 1.81. The number of hydrogen-bond donors (Lipinski definition) is 2. The van der Waals surface area contributed by atoms with E-state index in [1.807, 2.05) is 0 Å². The third kappa shape index (κ3) is 3.12. The quantitative estimate of drug-likeness (QED) is 0.873. The topological polar surface area (TPSA) is 85.6 Å². The normalized spacial score (nSPS) is 15.7. The number of aliphatic hydroxyl groups is 1. The molecule has 1 atom stereocenters. The summed E-state index contributed by atoms with van der Waals surface area (Å²) in [6, 6.07) is 4.40. The van der Waals surface area contributed by atoms with Gasteiger partial charge in [-0.1, -0.05) is 0 Å². The van der Waals surface area contributed by atoms with Gasteiger partial charge in [-0.2, -0.15) is 13.2 Å². The number of nitrogens with zero attached hydrogens (tertiary/aromatic N) is 2. The summed E-state index contributed by atoms with van der Waals surface area (Å²) in [5.74, 6) is -0.853. The molecular formula is C15H14F3N3O4. The molecule has 1 aliphatic heterocycles. The summed E-state index contributed by atoms with van der Waals surface area (Å²) in [4.78, 5) is 15.6. The van der Waals surface area contributed by atoms with Gasteiger partial charge >= 0.3 is 6.18 Å². The molecule has 0 saturated carbocycles. The second kappa shape index (κ2) is 5.96. The Bertz CT molecular complexity index is 806. The van der Waals surface area contributed by atoms with Gasteiger partial charge in [-0.25, -0.2) is 4.98 Å². The van der Waals surface area contributed by atoms with Crippen LogP contribution in [0, 0.1) is 0 Å². The average molecular weight is 357 g/mol. The maximum atomic E-state index is 13.4. The van der Waals surface area contributed by atoms with Crippen LogP contribution in [0.25, 0.3) is 0 Å². The van der Waals surface area contributed by atoms with Crippen LogP contribution in [0.5, 0.6) is 11.5 Å². The van der Waals surface area contributed by atoms with Crippen molar-refractivity contribution in [2.75, 3.05) is 12.1 Å². The number of benzene rings is 1. The number of alkyl halides is 3. The van der Waals surface area contributed by atoms with Crippen LogP contribution in [0.2, 0.25) is 0 Å². The number of aromatic nitrogens is 2. The fourth-order valence-electron chi connectivity index (χ4n) is 2.48. The van der Waals surface area contributed by atoms with E-state index < -0.39 is 29.9 Å². The number of amides is 1. The Morgan fingerprint density at radius 2 is 2.08 bits per heavy atom. The Kier molecular flexibility index (Phi) is 4.07. The van der Waals surface area contributed by atoms with Gasteiger partial charge in [0, 0.05) is 31.2 Å². The molecule has 2 heterocycles. The van der Waals surface area contributed by atoms with Crippen LogP contribution in [-0.2, 0) is 17.4 Å². The molecule has 2 aromatic rings. The van der Waals surface area contributed by atoms with E-state index in [1.54, 1.807) is 0 Å². The van der Waals surface area contributed by atoms with Gasteiger partial charge in [-0.15, -0.1) is 0 Å². The van der Waals surface area contributed by atoms with E-state index >= 15 is 0 Å². The number of aryl methyl sites for hydroxylation is 1. The minimum Gasteiger partial charge on any atom is -0.454 e. The van der Waals surface area contributed by atoms with Crippen molar-refractivity contribution in [1.29, 1.82) is 0 Å². The highest BCUT2D eigenvalue weighted by molar-refractivity contribution is 5.91. The third-order valence-electron chi connectivity index (χ3n) is 3.73. The molecule has 1 aromatic heterocycles. The Morgan fingerprint density at radius 1 is 1.36 bits per heavy atom. The highest BCUT2D eigenvalue weighted by atomic mass is 19.4. The number of imidazole rings is 1. The second-order valence-electron chi connectivity index (χ2n) is 5.51. The predicted molar refractivity (Wildman–Crippen MR) is 79.0 cm³/mol. The first-order valence-electron chi connectivity index (χ1n) is 7.17. The molecule has 1 aromatic carbocycles. The molecule has 1 aliphatic rings. The number of rotatable bonds is 4. The first kappa shape index (κ1) is 17.1. The Morgan fingerprint density at radius 3 is 2.72 bits per heavy atom. The number of fused-ring (bicyclic) bond motifs is 1. The molecule has 0 aliphatic carbocycles. The zero-order valence-electron chi connectivity index (χ0n) is 13.0. The fourth-order valence-corrected chi connectivity index (χ4v) is 2.48. The highest BCUT2D eigenvalue weighted by Crippen LogP contribution is 2.41. The van der Waals surface area contributed by atoms with E-state index in [9.17, 15) is 23.1 Å². The van der Waals surface area contributed by atoms with Gasteiger partial charge in [-0.3, -0.25) is 4.79 Å². The summed E-state index contributed by atoms with van der Waals surface area (Å²) in [5, 5.41) is 12.5. The summed E-state index contributed by atoms with van der Waals surface area (Å²) in [6.07, 6.45) is -3.96. The van der Waals surface area contributed by atoms with Crippen LogP contribution in [0.3, 0.4) is 0 Å². The van der Waals surface area contributed by atoms with E-state index in [-0.39, 0.29) is 12.5 Å². The van der Waals surface area contributed by atoms with Gasteiger partial charge in [0.25, 0.3) is 0 Å². The van der Waals surface area contributed by atoms with E-state index in [1.165, 1.54) is 31.4 Å². The number of nitrogens with one attached hydrogen (secondary N) is 1. The third-order valence-corrected chi connectivity index (χ3v) is 3.73. The van der Waals surface area contributed by atoms with Crippen LogP contribution in [-0.4, -0.2) is 33.5 Å². The SMILES string of the molecule is Cn1ccnc1[C@@](O)(CC(=O)Nc1ccc2c(c1)OCO2)C(F)(F)F. The van der Waals surface area contributed by atoms with Gasteiger partial charge in [0.05, 0.1) is 6.42 Å². The number of carbonyl (C=O) groups is 1. The molecule has 0 radical (unpaired) electrons. The molecule has 0 fully saturated rings. The maximum Gasteiger partial charge on any atom is 0.425 e. The van der Waals surface area contributed by atoms with Crippen LogP contribution >= 0.6 is 0 Å². The minimum absolute atomic E-state index is 0.0275. The molecule has 3 rings (SSSR count). The van der Waals surface area contributed by atoms with E-state index in [0.717, 1.165) is 10.8 Å². The molecule has 0 spiro atoms. The lowest BCUT2D eigenvalue weighted by atomic mass is 9.97. The molecule has 7 nitrogen and oxygen atoms in total. The van der Waals surface area contributed by atoms with E-state index in [4.69, 9.17) is 9.47 Å². The highest BCUT2D eigenvalue weighted by Gasteiger charge is 2.58. The summed E-state index contributed by atoms with van der Waals surface area (Å²) < 4.78 is 51.5. The van der Waals surface area contributed by atoms with Crippen LogP contribution in [0.15, 0.2) is 30.6 Å². The lowest BCUT2D eigenvalue weighted by Gasteiger charge is -2.29. The number of hydrogen-bond acceptors (Lipinski definition) is 5. The Hall–Kier alpha value is -2.75. The van der Waals surface area contributed by atoms with E-state index in [0.29, 0.717) is 11.5 Å². The van der Waals surface area contributed by atoms with Crippen LogP contribution in [0.1, 0.15) is 12.2 Å². The summed E-state index contributed by atoms with van der Waals surface area (Å²) in [5.41, 5.74) is -3.19. The molecule has 0 unspecified atom stereocenters. The van der Waals surface area contributed by atoms with Gasteiger partial charge < -0.3 is 24.5 Å². The summed E-state index contributed by atoms with van der Waals surface area (Å²) in [6.45, 7) is 0.0275. The molecule has 134 valence electrons. The lowest BCUT2D eigenvalue weighted by Crippen LogP contribution is -2.46. The smallest absolute Gasteiger partial charge is 0.425 e. The first-order chi connectivity index (χ1) is 11.7. The molecule has 1 amide bonds. The predicted octanol–water partition coefficient (Wildman–Crippen LogP) is 1.93. The van der Waals surface area contributed by atoms with Gasteiger partial charge in [0.1, 0.15) is 0 Å². The first-order valence-corrected chi connectivity index (χ1v) is 7.17. The number of carbonyl (C=O) groups excluding carboxylic acids is 1. The monoisotopic (exact) mass is 357 g/mol. The van der Waals surface area contributed by atoms with Gasteiger partial charge in [0.2, 0.25) is 18.3 Å². The molecule has 0 saturated heterocycles. The van der Waals surface area contributed by atoms with Crippen LogP contribution in [0.4, 0.5) is 18.9 Å². The average Bonchev–Trinajstić information content (AvgIpc) is 3.13. The van der Waals surface area contributed by atoms with Crippen molar-refractivity contribution in [3.05, 3.63) is 36.4 Å². The molecule has 0 bridgehead atoms. The summed E-state index contributed by atoms with van der Waals surface area (Å²) in [7, 11) is 1.30. The number of halogens is 3. The van der Waals surface area contributed by atoms with Crippen molar-refractivity contribution in [2.45, 2.75) is 18.2 Å². The van der Waals surface area contributed by atoms with Crippen molar-refractivity contribution < 1.29 is 32.5 Å². The lowest BCUT2D eigenvalue weighted by molar-refractivity contribution is -0.270. The molecule has 10 heteroatoms. The van der Waals surface area contributed by atoms with Gasteiger partial charge in [0.15, 0.2) is 17.3 Å². The number of ether oxygens (including phenoxy) is 2. The maximum absolute atomic E-state index is 13.4.